The van der Waals surface area contributed by atoms with Crippen molar-refractivity contribution in [3.63, 3.8) is 0 Å². The van der Waals surface area contributed by atoms with E-state index in [2.05, 4.69) is 28.1 Å². The molecule has 0 atom stereocenters. The van der Waals surface area contributed by atoms with Crippen LogP contribution in [0.3, 0.4) is 0 Å². The first-order valence-corrected chi connectivity index (χ1v) is 6.39. The van der Waals surface area contributed by atoms with Crippen molar-refractivity contribution < 1.29 is 4.79 Å². The SMILES string of the molecule is CCC(=O)c1ccc(-c2cccc(Br)c2)cc1. The van der Waals surface area contributed by atoms with E-state index in [1.54, 1.807) is 0 Å². The van der Waals surface area contributed by atoms with Crippen molar-refractivity contribution >= 4 is 21.7 Å². The molecule has 0 radical (unpaired) electrons. The van der Waals surface area contributed by atoms with Crippen LogP contribution in [0.15, 0.2) is 53.0 Å². The van der Waals surface area contributed by atoms with Crippen LogP contribution in [0.4, 0.5) is 0 Å². The molecule has 0 saturated carbocycles. The third kappa shape index (κ3) is 2.83. The molecule has 2 aromatic rings. The fourth-order valence-electron chi connectivity index (χ4n) is 1.72. The second-order valence-electron chi connectivity index (χ2n) is 3.86. The summed E-state index contributed by atoms with van der Waals surface area (Å²) in [7, 11) is 0. The van der Waals surface area contributed by atoms with Crippen LogP contribution in [0, 0.1) is 0 Å². The number of rotatable bonds is 3. The molecule has 0 unspecified atom stereocenters. The molecule has 1 nitrogen and oxygen atoms in total. The van der Waals surface area contributed by atoms with Gasteiger partial charge in [0, 0.05) is 16.5 Å². The molecule has 0 fully saturated rings. The highest BCUT2D eigenvalue weighted by Crippen LogP contribution is 2.23. The van der Waals surface area contributed by atoms with Gasteiger partial charge in [-0.05, 0) is 23.3 Å². The number of Topliss-reactive ketones (excluding diaryl/α,β-unsaturated/α-hetero) is 1. The van der Waals surface area contributed by atoms with E-state index in [0.29, 0.717) is 6.42 Å². The Morgan fingerprint density at radius 3 is 2.35 bits per heavy atom. The lowest BCUT2D eigenvalue weighted by molar-refractivity contribution is 0.0988. The number of carbonyl (C=O) groups is 1. The van der Waals surface area contributed by atoms with Crippen LogP contribution in [0.2, 0.25) is 0 Å². The van der Waals surface area contributed by atoms with Gasteiger partial charge >= 0.3 is 0 Å². The molecular formula is C15H13BrO. The first kappa shape index (κ1) is 12.1. The van der Waals surface area contributed by atoms with E-state index < -0.39 is 0 Å². The van der Waals surface area contributed by atoms with E-state index in [-0.39, 0.29) is 5.78 Å². The molecule has 2 aromatic carbocycles. The molecule has 0 saturated heterocycles. The van der Waals surface area contributed by atoms with E-state index in [4.69, 9.17) is 0 Å². The Labute approximate surface area is 110 Å². The molecule has 0 aliphatic heterocycles. The van der Waals surface area contributed by atoms with Gasteiger partial charge in [0.05, 0.1) is 0 Å². The second kappa shape index (κ2) is 5.28. The summed E-state index contributed by atoms with van der Waals surface area (Å²) < 4.78 is 1.06. The van der Waals surface area contributed by atoms with Crippen LogP contribution >= 0.6 is 15.9 Å². The molecule has 0 spiro atoms. The van der Waals surface area contributed by atoms with Crippen LogP contribution in [0.5, 0.6) is 0 Å². The number of halogens is 1. The highest BCUT2D eigenvalue weighted by molar-refractivity contribution is 9.10. The molecule has 17 heavy (non-hydrogen) atoms. The number of hydrogen-bond acceptors (Lipinski definition) is 1. The minimum absolute atomic E-state index is 0.186. The smallest absolute Gasteiger partial charge is 0.162 e. The van der Waals surface area contributed by atoms with E-state index in [9.17, 15) is 4.79 Å². The van der Waals surface area contributed by atoms with Gasteiger partial charge in [-0.2, -0.15) is 0 Å². The predicted octanol–water partition coefficient (Wildman–Crippen LogP) is 4.71. The minimum Gasteiger partial charge on any atom is -0.294 e. The highest BCUT2D eigenvalue weighted by atomic mass is 79.9. The summed E-state index contributed by atoms with van der Waals surface area (Å²) in [6, 6.07) is 15.9. The second-order valence-corrected chi connectivity index (χ2v) is 4.78. The fourth-order valence-corrected chi connectivity index (χ4v) is 2.12. The summed E-state index contributed by atoms with van der Waals surface area (Å²) in [5.74, 6) is 0.186. The largest absolute Gasteiger partial charge is 0.294 e. The zero-order valence-electron chi connectivity index (χ0n) is 9.61. The normalized spacial score (nSPS) is 10.2. The van der Waals surface area contributed by atoms with Crippen LogP contribution < -0.4 is 0 Å². The Morgan fingerprint density at radius 1 is 1.06 bits per heavy atom. The molecule has 86 valence electrons. The number of benzene rings is 2. The molecule has 2 heteroatoms. The average Bonchev–Trinajstić information content (AvgIpc) is 2.38. The van der Waals surface area contributed by atoms with Crippen molar-refractivity contribution in [2.75, 3.05) is 0 Å². The molecule has 0 bridgehead atoms. The minimum atomic E-state index is 0.186. The Hall–Kier alpha value is -1.41. The lowest BCUT2D eigenvalue weighted by Crippen LogP contribution is -1.95. The molecule has 0 aromatic heterocycles. The van der Waals surface area contributed by atoms with Crippen LogP contribution in [0.25, 0.3) is 11.1 Å². The van der Waals surface area contributed by atoms with Gasteiger partial charge in [-0.25, -0.2) is 0 Å². The van der Waals surface area contributed by atoms with Gasteiger partial charge in [-0.1, -0.05) is 59.3 Å². The molecular weight excluding hydrogens is 276 g/mol. The van der Waals surface area contributed by atoms with E-state index in [1.807, 2.05) is 43.3 Å². The van der Waals surface area contributed by atoms with Gasteiger partial charge in [0.25, 0.3) is 0 Å². The summed E-state index contributed by atoms with van der Waals surface area (Å²) in [5.41, 5.74) is 3.06. The number of hydrogen-bond donors (Lipinski definition) is 0. The molecule has 0 aliphatic rings. The number of carbonyl (C=O) groups excluding carboxylic acids is 1. The summed E-state index contributed by atoms with van der Waals surface area (Å²) >= 11 is 3.45. The average molecular weight is 289 g/mol. The van der Waals surface area contributed by atoms with Crippen LogP contribution in [-0.4, -0.2) is 5.78 Å². The van der Waals surface area contributed by atoms with Crippen molar-refractivity contribution in [3.8, 4) is 11.1 Å². The molecule has 0 heterocycles. The maximum atomic E-state index is 11.5. The molecule has 2 rings (SSSR count). The van der Waals surface area contributed by atoms with E-state index >= 15 is 0 Å². The van der Waals surface area contributed by atoms with Gasteiger partial charge in [-0.15, -0.1) is 0 Å². The first-order valence-electron chi connectivity index (χ1n) is 5.60. The van der Waals surface area contributed by atoms with Crippen LogP contribution in [0.1, 0.15) is 23.7 Å². The van der Waals surface area contributed by atoms with E-state index in [1.165, 1.54) is 0 Å². The standard InChI is InChI=1S/C15H13BrO/c1-2-15(17)12-8-6-11(7-9-12)13-4-3-5-14(16)10-13/h3-10H,2H2,1H3. The van der Waals surface area contributed by atoms with Crippen molar-refractivity contribution in [1.82, 2.24) is 0 Å². The zero-order chi connectivity index (χ0) is 12.3. The van der Waals surface area contributed by atoms with Crippen molar-refractivity contribution in [2.45, 2.75) is 13.3 Å². The predicted molar refractivity (Wildman–Crippen MR) is 74.2 cm³/mol. The quantitative estimate of drug-likeness (QED) is 0.748. The van der Waals surface area contributed by atoms with Crippen molar-refractivity contribution in [3.05, 3.63) is 58.6 Å². The van der Waals surface area contributed by atoms with Gasteiger partial charge < -0.3 is 0 Å². The van der Waals surface area contributed by atoms with Gasteiger partial charge in [-0.3, -0.25) is 4.79 Å². The number of ketones is 1. The van der Waals surface area contributed by atoms with Gasteiger partial charge in [0.15, 0.2) is 5.78 Å². The van der Waals surface area contributed by atoms with Gasteiger partial charge in [0.2, 0.25) is 0 Å². The molecule has 0 N–H and O–H groups in total. The Balaban J connectivity index is 2.32. The van der Waals surface area contributed by atoms with E-state index in [0.717, 1.165) is 21.2 Å². The summed E-state index contributed by atoms with van der Waals surface area (Å²) in [6.45, 7) is 1.88. The lowest BCUT2D eigenvalue weighted by atomic mass is 10.0. The summed E-state index contributed by atoms with van der Waals surface area (Å²) in [4.78, 5) is 11.5. The Bertz CT molecular complexity index is 529. The third-order valence-corrected chi connectivity index (χ3v) is 3.18. The van der Waals surface area contributed by atoms with Crippen molar-refractivity contribution in [1.29, 1.82) is 0 Å². The first-order chi connectivity index (χ1) is 8.20. The fraction of sp³-hybridized carbons (Fsp3) is 0.133. The summed E-state index contributed by atoms with van der Waals surface area (Å²) in [6.07, 6.45) is 0.552. The Kier molecular flexibility index (Phi) is 3.75. The maximum Gasteiger partial charge on any atom is 0.162 e. The monoisotopic (exact) mass is 288 g/mol. The lowest BCUT2D eigenvalue weighted by Gasteiger charge is -2.03. The third-order valence-electron chi connectivity index (χ3n) is 2.69. The highest BCUT2D eigenvalue weighted by Gasteiger charge is 2.03. The Morgan fingerprint density at radius 2 is 1.76 bits per heavy atom. The topological polar surface area (TPSA) is 17.1 Å². The molecule has 0 aliphatic carbocycles. The maximum absolute atomic E-state index is 11.5. The van der Waals surface area contributed by atoms with Crippen LogP contribution in [-0.2, 0) is 0 Å². The van der Waals surface area contributed by atoms with Gasteiger partial charge in [0.1, 0.15) is 0 Å². The molecule has 0 amide bonds. The summed E-state index contributed by atoms with van der Waals surface area (Å²) in [5, 5.41) is 0. The zero-order valence-corrected chi connectivity index (χ0v) is 11.2. The van der Waals surface area contributed by atoms with Crippen molar-refractivity contribution in [2.24, 2.45) is 0 Å².